The number of rotatable bonds is 0. The minimum atomic E-state index is 0.484. The van der Waals surface area contributed by atoms with Gasteiger partial charge in [-0.05, 0) is 19.4 Å². The first kappa shape index (κ1) is 6.73. The molecule has 3 nitrogen and oxygen atoms in total. The maximum atomic E-state index is 5.89. The maximum absolute atomic E-state index is 5.89. The Hall–Kier alpha value is -0.960. The molecule has 0 spiro atoms. The minimum absolute atomic E-state index is 0.484. The summed E-state index contributed by atoms with van der Waals surface area (Å²) in [4.78, 5) is 4.09. The molecule has 2 aromatic heterocycles. The molecule has 0 bridgehead atoms. The second-order valence-corrected chi connectivity index (χ2v) is 2.82. The molecule has 0 amide bonds. The number of nitrogens with zero attached hydrogens (tertiary/aromatic N) is 1. The Bertz CT molecular complexity index is 402. The van der Waals surface area contributed by atoms with Crippen molar-refractivity contribution >= 4 is 22.9 Å². The molecule has 0 saturated carbocycles. The van der Waals surface area contributed by atoms with E-state index in [1.165, 1.54) is 0 Å². The average molecular weight is 172 g/mol. The monoisotopic (exact) mass is 171 g/mol. The van der Waals surface area contributed by atoms with E-state index in [1.807, 2.05) is 13.8 Å². The number of aryl methyl sites for hydroxylation is 1. The van der Waals surface area contributed by atoms with Crippen LogP contribution in [0, 0.1) is 13.8 Å². The zero-order valence-electron chi connectivity index (χ0n) is 6.14. The zero-order valence-corrected chi connectivity index (χ0v) is 6.90. The van der Waals surface area contributed by atoms with E-state index < -0.39 is 0 Å². The van der Waals surface area contributed by atoms with Crippen LogP contribution in [0.3, 0.4) is 0 Å². The summed E-state index contributed by atoms with van der Waals surface area (Å²) >= 11 is 5.89. The summed E-state index contributed by atoms with van der Waals surface area (Å²) in [6, 6.07) is 0. The number of hydrogen-bond acceptors (Lipinski definition) is 3. The van der Waals surface area contributed by atoms with Gasteiger partial charge in [0.2, 0.25) is 0 Å². The van der Waals surface area contributed by atoms with Gasteiger partial charge < -0.3 is 0 Å². The van der Waals surface area contributed by atoms with E-state index in [4.69, 9.17) is 11.6 Å². The van der Waals surface area contributed by atoms with E-state index in [2.05, 4.69) is 14.1 Å². The van der Waals surface area contributed by atoms with Crippen LogP contribution >= 0.6 is 11.6 Å². The lowest BCUT2D eigenvalue weighted by Crippen LogP contribution is -1.91. The lowest BCUT2D eigenvalue weighted by Gasteiger charge is -2.04. The second-order valence-electron chi connectivity index (χ2n) is 2.44. The Balaban J connectivity index is 2.86. The molecule has 0 radical (unpaired) electrons. The van der Waals surface area contributed by atoms with Gasteiger partial charge in [-0.25, -0.2) is 4.98 Å². The summed E-state index contributed by atoms with van der Waals surface area (Å²) in [6.07, 6.45) is 0. The van der Waals surface area contributed by atoms with Crippen molar-refractivity contribution in [3.63, 3.8) is 0 Å². The van der Waals surface area contributed by atoms with Crippen molar-refractivity contribution in [1.82, 2.24) is 4.98 Å². The standard InChI is InChI=1S/C7H6ClNO2/c1-3-4(2)9-7-6(5(3)8)10-11-7/h1-2H3. The highest BCUT2D eigenvalue weighted by Crippen LogP contribution is 2.29. The second kappa shape index (κ2) is 2.01. The Morgan fingerprint density at radius 1 is 1.27 bits per heavy atom. The van der Waals surface area contributed by atoms with Crippen molar-refractivity contribution in [1.29, 1.82) is 0 Å². The molecule has 58 valence electrons. The minimum Gasteiger partial charge on any atom is -0.280 e. The zero-order chi connectivity index (χ0) is 8.01. The Labute approximate surface area is 67.9 Å². The molecule has 0 aliphatic heterocycles. The van der Waals surface area contributed by atoms with E-state index in [-0.39, 0.29) is 0 Å². The highest BCUT2D eigenvalue weighted by molar-refractivity contribution is 6.35. The lowest BCUT2D eigenvalue weighted by atomic mass is 10.2. The van der Waals surface area contributed by atoms with Crippen LogP contribution in [0.2, 0.25) is 5.02 Å². The lowest BCUT2D eigenvalue weighted by molar-refractivity contribution is 0.0547. The molecule has 0 aliphatic carbocycles. The first-order chi connectivity index (χ1) is 5.20. The smallest absolute Gasteiger partial charge is 0.280 e. The van der Waals surface area contributed by atoms with Crippen LogP contribution in [0.1, 0.15) is 11.3 Å². The number of halogens is 1. The molecule has 4 heteroatoms. The topological polar surface area (TPSA) is 39.2 Å². The van der Waals surface area contributed by atoms with Gasteiger partial charge >= 0.3 is 5.71 Å². The Morgan fingerprint density at radius 3 is 2.55 bits per heavy atom. The van der Waals surface area contributed by atoms with Crippen LogP contribution in [0.15, 0.2) is 9.15 Å². The third-order valence-corrected chi connectivity index (χ3v) is 2.19. The number of aromatic nitrogens is 1. The molecule has 0 aliphatic rings. The molecule has 0 unspecified atom stereocenters. The van der Waals surface area contributed by atoms with E-state index >= 15 is 0 Å². The van der Waals surface area contributed by atoms with Gasteiger partial charge in [0.1, 0.15) is 0 Å². The Kier molecular flexibility index (Phi) is 1.23. The van der Waals surface area contributed by atoms with Crippen molar-refractivity contribution < 1.29 is 9.15 Å². The van der Waals surface area contributed by atoms with Gasteiger partial charge in [0.05, 0.1) is 5.02 Å². The van der Waals surface area contributed by atoms with Gasteiger partial charge in [-0.2, -0.15) is 0 Å². The van der Waals surface area contributed by atoms with Crippen molar-refractivity contribution in [2.24, 2.45) is 0 Å². The van der Waals surface area contributed by atoms with Crippen molar-refractivity contribution in [3.8, 4) is 0 Å². The van der Waals surface area contributed by atoms with Crippen LogP contribution in [-0.2, 0) is 0 Å². The van der Waals surface area contributed by atoms with E-state index in [1.54, 1.807) is 0 Å². The first-order valence-electron chi connectivity index (χ1n) is 3.21. The van der Waals surface area contributed by atoms with Gasteiger partial charge in [-0.3, -0.25) is 9.15 Å². The SMILES string of the molecule is Cc1nc2ooc2c(Cl)c1C. The highest BCUT2D eigenvalue weighted by atomic mass is 35.5. The van der Waals surface area contributed by atoms with Gasteiger partial charge in [0.25, 0.3) is 5.58 Å². The summed E-state index contributed by atoms with van der Waals surface area (Å²) in [5.74, 6) is 0. The molecule has 0 N–H and O–H groups in total. The summed E-state index contributed by atoms with van der Waals surface area (Å²) < 4.78 is 9.25. The van der Waals surface area contributed by atoms with Crippen molar-refractivity contribution in [2.75, 3.05) is 0 Å². The van der Waals surface area contributed by atoms with Crippen LogP contribution < -0.4 is 0 Å². The van der Waals surface area contributed by atoms with Crippen molar-refractivity contribution in [3.05, 3.63) is 16.3 Å². The fraction of sp³-hybridized carbons (Fsp3) is 0.286. The number of hydrogen-bond donors (Lipinski definition) is 0. The predicted octanol–water partition coefficient (Wildman–Crippen LogP) is 2.69. The fourth-order valence-corrected chi connectivity index (χ4v) is 1.13. The summed E-state index contributed by atoms with van der Waals surface area (Å²) in [5.41, 5.74) is 2.85. The predicted molar refractivity (Wildman–Crippen MR) is 40.8 cm³/mol. The van der Waals surface area contributed by atoms with Gasteiger partial charge in [-0.1, -0.05) is 11.6 Å². The molecular weight excluding hydrogens is 166 g/mol. The van der Waals surface area contributed by atoms with E-state index in [9.17, 15) is 0 Å². The van der Waals surface area contributed by atoms with Crippen molar-refractivity contribution in [2.45, 2.75) is 13.8 Å². The quantitative estimate of drug-likeness (QED) is 0.572. The van der Waals surface area contributed by atoms with E-state index in [0.29, 0.717) is 16.3 Å². The van der Waals surface area contributed by atoms with Crippen LogP contribution in [0.5, 0.6) is 0 Å². The normalized spacial score (nSPS) is 11.2. The van der Waals surface area contributed by atoms with Crippen LogP contribution in [0.25, 0.3) is 11.3 Å². The van der Waals surface area contributed by atoms with E-state index in [0.717, 1.165) is 11.3 Å². The first-order valence-corrected chi connectivity index (χ1v) is 3.59. The molecule has 11 heavy (non-hydrogen) atoms. The average Bonchev–Trinajstić information content (AvgIpc) is 1.93. The summed E-state index contributed by atoms with van der Waals surface area (Å²) in [5, 5.41) is 0.596. The Morgan fingerprint density at radius 2 is 2.00 bits per heavy atom. The molecule has 0 saturated heterocycles. The molecular formula is C7H6ClNO2. The molecule has 0 fully saturated rings. The van der Waals surface area contributed by atoms with Crippen LogP contribution in [0.4, 0.5) is 0 Å². The number of pyridine rings is 1. The largest absolute Gasteiger partial charge is 0.319 e. The summed E-state index contributed by atoms with van der Waals surface area (Å²) in [7, 11) is 0. The summed E-state index contributed by atoms with van der Waals surface area (Å²) in [6.45, 7) is 3.77. The van der Waals surface area contributed by atoms with Crippen LogP contribution in [-0.4, -0.2) is 4.98 Å². The van der Waals surface area contributed by atoms with Gasteiger partial charge in [0.15, 0.2) is 0 Å². The molecule has 2 aromatic rings. The number of fused-ring (bicyclic) bond motifs is 1. The third-order valence-electron chi connectivity index (χ3n) is 1.74. The highest BCUT2D eigenvalue weighted by Gasteiger charge is 2.15. The molecule has 0 aromatic carbocycles. The molecule has 0 atom stereocenters. The maximum Gasteiger partial charge on any atom is 0.319 e. The molecule has 2 rings (SSSR count). The molecule has 2 heterocycles. The van der Waals surface area contributed by atoms with Gasteiger partial charge in [0, 0.05) is 5.69 Å². The third kappa shape index (κ3) is 0.775. The van der Waals surface area contributed by atoms with Gasteiger partial charge in [-0.15, -0.1) is 0 Å². The fourth-order valence-electron chi connectivity index (χ4n) is 0.886.